The van der Waals surface area contributed by atoms with Crippen LogP contribution in [0.5, 0.6) is 0 Å². The Morgan fingerprint density at radius 3 is 2.05 bits per heavy atom. The molecule has 0 aromatic heterocycles. The lowest BCUT2D eigenvalue weighted by Crippen LogP contribution is -2.58. The smallest absolute Gasteiger partial charge is 0.280 e. The summed E-state index contributed by atoms with van der Waals surface area (Å²) >= 11 is 0. The number of rotatable bonds is 3. The fraction of sp³-hybridized carbons (Fsp3) is 1.00. The van der Waals surface area contributed by atoms with E-state index in [9.17, 15) is 8.42 Å². The largest absolute Gasteiger partial charge is 0.317 e. The summed E-state index contributed by atoms with van der Waals surface area (Å²) in [5, 5.41) is 3.26. The van der Waals surface area contributed by atoms with Crippen molar-refractivity contribution in [3.63, 3.8) is 0 Å². The second-order valence-electron chi connectivity index (χ2n) is 5.62. The third kappa shape index (κ3) is 5.29. The number of hydrogen-bond donors (Lipinski definition) is 2. The van der Waals surface area contributed by atoms with Crippen LogP contribution in [0.1, 0.15) is 19.8 Å². The molecular formula is C11H26Cl2N4O2S. The van der Waals surface area contributed by atoms with E-state index < -0.39 is 10.2 Å². The van der Waals surface area contributed by atoms with E-state index in [-0.39, 0.29) is 30.4 Å². The molecule has 0 bridgehead atoms. The van der Waals surface area contributed by atoms with Crippen LogP contribution in [-0.4, -0.2) is 69.5 Å². The molecule has 0 spiro atoms. The lowest BCUT2D eigenvalue weighted by molar-refractivity contribution is 0.215. The summed E-state index contributed by atoms with van der Waals surface area (Å²) in [5.41, 5.74) is -0.298. The summed E-state index contributed by atoms with van der Waals surface area (Å²) in [4.78, 5) is 2.15. The molecular weight excluding hydrogens is 323 g/mol. The minimum atomic E-state index is -3.34. The molecule has 2 saturated heterocycles. The van der Waals surface area contributed by atoms with Crippen molar-refractivity contribution < 1.29 is 8.42 Å². The van der Waals surface area contributed by atoms with E-state index in [1.807, 2.05) is 14.0 Å². The maximum atomic E-state index is 12.3. The predicted octanol–water partition coefficient (Wildman–Crippen LogP) is 0.0539. The number of nitrogens with one attached hydrogen (secondary N) is 2. The van der Waals surface area contributed by atoms with Gasteiger partial charge in [0.2, 0.25) is 0 Å². The Hall–Kier alpha value is 0.370. The molecule has 2 aliphatic rings. The van der Waals surface area contributed by atoms with Crippen molar-refractivity contribution in [1.82, 2.24) is 19.2 Å². The Kier molecular flexibility index (Phi) is 8.27. The maximum Gasteiger partial charge on any atom is 0.280 e. The van der Waals surface area contributed by atoms with Gasteiger partial charge in [-0.3, -0.25) is 0 Å². The Morgan fingerprint density at radius 2 is 1.55 bits per heavy atom. The summed E-state index contributed by atoms with van der Waals surface area (Å²) in [6.45, 7) is 6.53. The highest BCUT2D eigenvalue weighted by molar-refractivity contribution is 7.87. The van der Waals surface area contributed by atoms with E-state index >= 15 is 0 Å². The lowest BCUT2D eigenvalue weighted by atomic mass is 9.92. The maximum absolute atomic E-state index is 12.3. The van der Waals surface area contributed by atoms with Crippen molar-refractivity contribution in [2.75, 3.05) is 46.3 Å². The molecule has 122 valence electrons. The van der Waals surface area contributed by atoms with Crippen LogP contribution in [0, 0.1) is 0 Å². The third-order valence-corrected chi connectivity index (χ3v) is 5.68. The summed E-state index contributed by atoms with van der Waals surface area (Å²) < 4.78 is 29.1. The molecule has 0 aromatic rings. The van der Waals surface area contributed by atoms with Crippen LogP contribution in [0.3, 0.4) is 0 Å². The molecule has 20 heavy (non-hydrogen) atoms. The number of piperidine rings is 1. The Bertz CT molecular complexity index is 380. The zero-order valence-corrected chi connectivity index (χ0v) is 14.5. The molecule has 0 amide bonds. The van der Waals surface area contributed by atoms with Gasteiger partial charge in [0, 0.05) is 31.7 Å². The van der Waals surface area contributed by atoms with Gasteiger partial charge in [0.25, 0.3) is 10.2 Å². The number of likely N-dealkylation sites (N-methyl/N-ethyl adjacent to an activating group) is 1. The van der Waals surface area contributed by atoms with E-state index in [1.54, 1.807) is 4.31 Å². The molecule has 2 aliphatic heterocycles. The Labute approximate surface area is 134 Å². The van der Waals surface area contributed by atoms with Gasteiger partial charge in [-0.05, 0) is 39.9 Å². The zero-order chi connectivity index (χ0) is 13.2. The number of halogens is 2. The fourth-order valence-electron chi connectivity index (χ4n) is 2.49. The molecule has 2 N–H and O–H groups in total. The molecule has 2 rings (SSSR count). The van der Waals surface area contributed by atoms with Gasteiger partial charge in [-0.1, -0.05) is 0 Å². The molecule has 0 atom stereocenters. The highest BCUT2D eigenvalue weighted by Crippen LogP contribution is 2.19. The first-order valence-corrected chi connectivity index (χ1v) is 8.04. The van der Waals surface area contributed by atoms with Crippen LogP contribution in [0.2, 0.25) is 0 Å². The summed E-state index contributed by atoms with van der Waals surface area (Å²) in [7, 11) is -1.32. The number of hydrogen-bond acceptors (Lipinski definition) is 4. The average Bonchev–Trinajstić information content (AvgIpc) is 2.29. The molecule has 0 aliphatic carbocycles. The summed E-state index contributed by atoms with van der Waals surface area (Å²) in [5.74, 6) is 0. The fourth-order valence-corrected chi connectivity index (χ4v) is 4.08. The van der Waals surface area contributed by atoms with E-state index in [4.69, 9.17) is 0 Å². The topological polar surface area (TPSA) is 64.7 Å². The van der Waals surface area contributed by atoms with Gasteiger partial charge < -0.3 is 10.2 Å². The first kappa shape index (κ1) is 20.4. The molecule has 6 nitrogen and oxygen atoms in total. The predicted molar refractivity (Wildman–Crippen MR) is 86.1 cm³/mol. The molecule has 9 heteroatoms. The molecule has 2 heterocycles. The number of nitrogens with zero attached hydrogens (tertiary/aromatic N) is 2. The van der Waals surface area contributed by atoms with Gasteiger partial charge in [0.1, 0.15) is 0 Å². The van der Waals surface area contributed by atoms with Crippen molar-refractivity contribution in [3.8, 4) is 0 Å². The van der Waals surface area contributed by atoms with E-state index in [0.717, 1.165) is 39.0 Å². The van der Waals surface area contributed by atoms with E-state index in [0.29, 0.717) is 13.1 Å². The Morgan fingerprint density at radius 1 is 1.05 bits per heavy atom. The molecule has 0 radical (unpaired) electrons. The summed E-state index contributed by atoms with van der Waals surface area (Å²) in [6, 6.07) is 0. The van der Waals surface area contributed by atoms with Crippen LogP contribution in [0.4, 0.5) is 0 Å². The van der Waals surface area contributed by atoms with Crippen molar-refractivity contribution in [3.05, 3.63) is 0 Å². The van der Waals surface area contributed by atoms with Crippen molar-refractivity contribution in [1.29, 1.82) is 0 Å². The van der Waals surface area contributed by atoms with Gasteiger partial charge in [-0.15, -0.1) is 24.8 Å². The monoisotopic (exact) mass is 348 g/mol. The number of piperazine rings is 1. The van der Waals surface area contributed by atoms with Crippen LogP contribution < -0.4 is 10.0 Å². The van der Waals surface area contributed by atoms with E-state index in [1.165, 1.54) is 0 Å². The van der Waals surface area contributed by atoms with Crippen LogP contribution in [0.15, 0.2) is 0 Å². The van der Waals surface area contributed by atoms with Gasteiger partial charge in [-0.25, -0.2) is 0 Å². The first-order chi connectivity index (χ1) is 8.41. The van der Waals surface area contributed by atoms with Crippen molar-refractivity contribution in [2.24, 2.45) is 0 Å². The standard InChI is InChI=1S/C11H24N4O2S.2ClH/c1-11(3-5-12-6-4-11)13-18(16,17)15-9-7-14(2)8-10-15;;/h12-13H,3-10H2,1-2H3;2*1H. The van der Waals surface area contributed by atoms with Gasteiger partial charge >= 0.3 is 0 Å². The van der Waals surface area contributed by atoms with Crippen LogP contribution in [0.25, 0.3) is 0 Å². The van der Waals surface area contributed by atoms with E-state index in [2.05, 4.69) is 14.9 Å². The summed E-state index contributed by atoms with van der Waals surface area (Å²) in [6.07, 6.45) is 1.69. The zero-order valence-electron chi connectivity index (χ0n) is 12.1. The minimum Gasteiger partial charge on any atom is -0.317 e. The minimum absolute atomic E-state index is 0. The van der Waals surface area contributed by atoms with Crippen molar-refractivity contribution in [2.45, 2.75) is 25.3 Å². The highest BCUT2D eigenvalue weighted by Gasteiger charge is 2.35. The quantitative estimate of drug-likeness (QED) is 0.756. The van der Waals surface area contributed by atoms with Crippen molar-refractivity contribution >= 4 is 35.0 Å². The Balaban J connectivity index is 0.00000180. The lowest BCUT2D eigenvalue weighted by Gasteiger charge is -2.38. The second kappa shape index (κ2) is 8.12. The van der Waals surface area contributed by atoms with Gasteiger partial charge in [-0.2, -0.15) is 17.4 Å². The van der Waals surface area contributed by atoms with Gasteiger partial charge in [0.15, 0.2) is 0 Å². The van der Waals surface area contributed by atoms with Crippen LogP contribution >= 0.6 is 24.8 Å². The second-order valence-corrected chi connectivity index (χ2v) is 7.29. The first-order valence-electron chi connectivity index (χ1n) is 6.60. The molecule has 0 saturated carbocycles. The molecule has 2 fully saturated rings. The average molecular weight is 349 g/mol. The normalized spacial score (nSPS) is 24.5. The highest BCUT2D eigenvalue weighted by atomic mass is 35.5. The van der Waals surface area contributed by atoms with Gasteiger partial charge in [0.05, 0.1) is 0 Å². The van der Waals surface area contributed by atoms with Crippen LogP contribution in [-0.2, 0) is 10.2 Å². The molecule has 0 unspecified atom stereocenters. The molecule has 0 aromatic carbocycles. The SMILES string of the molecule is CN1CCN(S(=O)(=O)NC2(C)CCNCC2)CC1.Cl.Cl. The third-order valence-electron chi connectivity index (χ3n) is 3.88.